The zero-order chi connectivity index (χ0) is 16.2. The Kier molecular flexibility index (Phi) is 7.36. The molecule has 23 heavy (non-hydrogen) atoms. The number of nitrogens with zero attached hydrogens (tertiary/aromatic N) is 1. The summed E-state index contributed by atoms with van der Waals surface area (Å²) in [5.41, 5.74) is 1.45. The van der Waals surface area contributed by atoms with Gasteiger partial charge in [-0.3, -0.25) is 9.69 Å². The molecule has 0 bridgehead atoms. The Morgan fingerprint density at radius 1 is 1.30 bits per heavy atom. The van der Waals surface area contributed by atoms with Crippen molar-refractivity contribution in [1.82, 2.24) is 4.90 Å². The Morgan fingerprint density at radius 2 is 1.96 bits per heavy atom. The predicted octanol–water partition coefficient (Wildman–Crippen LogP) is 3.72. The molecule has 1 saturated heterocycles. The van der Waals surface area contributed by atoms with Gasteiger partial charge >= 0.3 is 5.97 Å². The Balaban J connectivity index is 0.00000264. The first-order valence-electron chi connectivity index (χ1n) is 8.08. The van der Waals surface area contributed by atoms with E-state index < -0.39 is 5.97 Å². The number of carboxylic acids is 1. The van der Waals surface area contributed by atoms with Gasteiger partial charge in [0.25, 0.3) is 0 Å². The molecule has 1 fully saturated rings. The summed E-state index contributed by atoms with van der Waals surface area (Å²) in [6.07, 6.45) is 2.60. The molecule has 5 heteroatoms. The van der Waals surface area contributed by atoms with Crippen LogP contribution in [0.25, 0.3) is 0 Å². The summed E-state index contributed by atoms with van der Waals surface area (Å²) in [6, 6.07) is 7.94. The molecule has 0 amide bonds. The number of hydrogen-bond acceptors (Lipinski definition) is 3. The topological polar surface area (TPSA) is 49.8 Å². The van der Waals surface area contributed by atoms with Gasteiger partial charge in [0, 0.05) is 6.54 Å². The second-order valence-corrected chi connectivity index (χ2v) is 7.01. The van der Waals surface area contributed by atoms with Gasteiger partial charge in [-0.15, -0.1) is 12.4 Å². The van der Waals surface area contributed by atoms with Crippen molar-refractivity contribution in [3.05, 3.63) is 29.8 Å². The van der Waals surface area contributed by atoms with Crippen LogP contribution in [0, 0.1) is 0 Å². The van der Waals surface area contributed by atoms with Crippen molar-refractivity contribution in [2.75, 3.05) is 19.7 Å². The molecule has 1 N–H and O–H groups in total. The van der Waals surface area contributed by atoms with Gasteiger partial charge in [0.2, 0.25) is 0 Å². The fourth-order valence-electron chi connectivity index (χ4n) is 2.88. The lowest BCUT2D eigenvalue weighted by molar-refractivity contribution is -0.142. The summed E-state index contributed by atoms with van der Waals surface area (Å²) in [5.74, 6) is 0.181. The molecule has 0 spiro atoms. The average molecular weight is 342 g/mol. The van der Waals surface area contributed by atoms with Gasteiger partial charge in [0.15, 0.2) is 0 Å². The van der Waals surface area contributed by atoms with Crippen LogP contribution in [-0.2, 0) is 10.2 Å². The predicted molar refractivity (Wildman–Crippen MR) is 94.7 cm³/mol. The zero-order valence-corrected chi connectivity index (χ0v) is 15.1. The van der Waals surface area contributed by atoms with Gasteiger partial charge in [0.05, 0.1) is 6.61 Å². The molecule has 2 rings (SSSR count). The summed E-state index contributed by atoms with van der Waals surface area (Å²) < 4.78 is 5.76. The van der Waals surface area contributed by atoms with E-state index >= 15 is 0 Å². The highest BCUT2D eigenvalue weighted by Crippen LogP contribution is 2.24. The van der Waals surface area contributed by atoms with Crippen LogP contribution >= 0.6 is 12.4 Å². The van der Waals surface area contributed by atoms with E-state index in [2.05, 4.69) is 32.9 Å². The molecule has 0 saturated carbocycles. The highest BCUT2D eigenvalue weighted by molar-refractivity contribution is 5.85. The van der Waals surface area contributed by atoms with Crippen molar-refractivity contribution in [2.45, 2.75) is 51.5 Å². The maximum Gasteiger partial charge on any atom is 0.320 e. The summed E-state index contributed by atoms with van der Waals surface area (Å²) >= 11 is 0. The fourth-order valence-corrected chi connectivity index (χ4v) is 2.88. The lowest BCUT2D eigenvalue weighted by Gasteiger charge is -2.21. The molecule has 0 aromatic heterocycles. The second kappa shape index (κ2) is 8.55. The molecule has 0 aliphatic carbocycles. The van der Waals surface area contributed by atoms with Gasteiger partial charge in [-0.25, -0.2) is 0 Å². The third-order valence-electron chi connectivity index (χ3n) is 4.23. The minimum absolute atomic E-state index is 0. The monoisotopic (exact) mass is 341 g/mol. The number of hydrogen-bond donors (Lipinski definition) is 1. The summed E-state index contributed by atoms with van der Waals surface area (Å²) in [7, 11) is 0. The van der Waals surface area contributed by atoms with Crippen LogP contribution in [-0.4, -0.2) is 41.7 Å². The minimum atomic E-state index is -0.698. The van der Waals surface area contributed by atoms with E-state index in [1.807, 2.05) is 17.0 Å². The van der Waals surface area contributed by atoms with E-state index in [9.17, 15) is 4.79 Å². The lowest BCUT2D eigenvalue weighted by atomic mass is 9.87. The van der Waals surface area contributed by atoms with E-state index in [0.717, 1.165) is 38.1 Å². The third kappa shape index (κ3) is 5.70. The van der Waals surface area contributed by atoms with Crippen LogP contribution in [0.1, 0.15) is 45.6 Å². The largest absolute Gasteiger partial charge is 0.494 e. The lowest BCUT2D eigenvalue weighted by Crippen LogP contribution is -2.36. The van der Waals surface area contributed by atoms with Gasteiger partial charge in [-0.1, -0.05) is 32.9 Å². The molecular formula is C18H28ClNO3. The standard InChI is InChI=1S/C18H27NO3.ClH/c1-18(2,3)14-7-9-15(10-8-14)22-13-5-12-19-11-4-6-16(19)17(20)21;/h7-10,16H,4-6,11-13H2,1-3H3,(H,20,21);1H. The normalized spacial score (nSPS) is 18.5. The van der Waals surface area contributed by atoms with Crippen LogP contribution in [0.2, 0.25) is 0 Å². The summed E-state index contributed by atoms with van der Waals surface area (Å²) in [6.45, 7) is 8.87. The smallest absolute Gasteiger partial charge is 0.320 e. The SMILES string of the molecule is CC(C)(C)c1ccc(OCCCN2CCCC2C(=O)O)cc1.Cl. The van der Waals surface area contributed by atoms with Crippen LogP contribution in [0.3, 0.4) is 0 Å². The van der Waals surface area contributed by atoms with Crippen LogP contribution < -0.4 is 4.74 Å². The highest BCUT2D eigenvalue weighted by Gasteiger charge is 2.29. The molecule has 1 unspecified atom stereocenters. The molecule has 1 aromatic rings. The Bertz CT molecular complexity index is 496. The Morgan fingerprint density at radius 3 is 2.52 bits per heavy atom. The van der Waals surface area contributed by atoms with Gasteiger partial charge in [-0.2, -0.15) is 0 Å². The number of aliphatic carboxylic acids is 1. The van der Waals surface area contributed by atoms with E-state index in [-0.39, 0.29) is 23.9 Å². The molecular weight excluding hydrogens is 314 g/mol. The second-order valence-electron chi connectivity index (χ2n) is 7.01. The third-order valence-corrected chi connectivity index (χ3v) is 4.23. The number of likely N-dealkylation sites (tertiary alicyclic amines) is 1. The Labute approximate surface area is 145 Å². The molecule has 130 valence electrons. The molecule has 4 nitrogen and oxygen atoms in total. The van der Waals surface area contributed by atoms with Crippen molar-refractivity contribution in [3.8, 4) is 5.75 Å². The van der Waals surface area contributed by atoms with E-state index in [1.54, 1.807) is 0 Å². The fraction of sp³-hybridized carbons (Fsp3) is 0.611. The zero-order valence-electron chi connectivity index (χ0n) is 14.2. The Hall–Kier alpha value is -1.26. The molecule has 1 aliphatic rings. The molecule has 0 radical (unpaired) electrons. The number of benzene rings is 1. The highest BCUT2D eigenvalue weighted by atomic mass is 35.5. The van der Waals surface area contributed by atoms with Crippen molar-refractivity contribution >= 4 is 18.4 Å². The molecule has 1 aromatic carbocycles. The molecule has 1 aliphatic heterocycles. The minimum Gasteiger partial charge on any atom is -0.494 e. The van der Waals surface area contributed by atoms with Crippen LogP contribution in [0.4, 0.5) is 0 Å². The van der Waals surface area contributed by atoms with E-state index in [1.165, 1.54) is 5.56 Å². The average Bonchev–Trinajstić information content (AvgIpc) is 2.92. The van der Waals surface area contributed by atoms with Crippen molar-refractivity contribution in [1.29, 1.82) is 0 Å². The quantitative estimate of drug-likeness (QED) is 0.801. The molecule has 1 heterocycles. The van der Waals surface area contributed by atoms with Gasteiger partial charge in [-0.05, 0) is 48.9 Å². The number of halogens is 1. The van der Waals surface area contributed by atoms with Gasteiger partial charge in [0.1, 0.15) is 11.8 Å². The maximum absolute atomic E-state index is 11.1. The first-order chi connectivity index (χ1) is 10.4. The number of carbonyl (C=O) groups is 1. The summed E-state index contributed by atoms with van der Waals surface area (Å²) in [5, 5.41) is 9.14. The number of ether oxygens (including phenoxy) is 1. The first-order valence-corrected chi connectivity index (χ1v) is 8.08. The number of rotatable bonds is 6. The van der Waals surface area contributed by atoms with Crippen LogP contribution in [0.5, 0.6) is 5.75 Å². The van der Waals surface area contributed by atoms with E-state index in [4.69, 9.17) is 9.84 Å². The van der Waals surface area contributed by atoms with Crippen molar-refractivity contribution in [3.63, 3.8) is 0 Å². The van der Waals surface area contributed by atoms with Crippen molar-refractivity contribution in [2.24, 2.45) is 0 Å². The number of carboxylic acid groups (broad SMARTS) is 1. The maximum atomic E-state index is 11.1. The molecule has 1 atom stereocenters. The summed E-state index contributed by atoms with van der Waals surface area (Å²) in [4.78, 5) is 13.2. The van der Waals surface area contributed by atoms with Crippen LogP contribution in [0.15, 0.2) is 24.3 Å². The first kappa shape index (κ1) is 19.8. The van der Waals surface area contributed by atoms with Gasteiger partial charge < -0.3 is 9.84 Å². The van der Waals surface area contributed by atoms with E-state index in [0.29, 0.717) is 6.61 Å². The van der Waals surface area contributed by atoms with Crippen molar-refractivity contribution < 1.29 is 14.6 Å².